The zero-order valence-corrected chi connectivity index (χ0v) is 10.1. The summed E-state index contributed by atoms with van der Waals surface area (Å²) < 4.78 is 12.8. The van der Waals surface area contributed by atoms with Crippen molar-refractivity contribution in [1.29, 1.82) is 0 Å². The van der Waals surface area contributed by atoms with Gasteiger partial charge in [0.25, 0.3) is 0 Å². The molecule has 0 aliphatic heterocycles. The molecule has 92 valence electrons. The van der Waals surface area contributed by atoms with Gasteiger partial charge in [0.1, 0.15) is 5.82 Å². The maximum absolute atomic E-state index is 12.8. The number of carboxylic acids is 1. The summed E-state index contributed by atoms with van der Waals surface area (Å²) in [6.45, 7) is 0. The molecule has 0 aliphatic rings. The second-order valence-electron chi connectivity index (χ2n) is 3.88. The van der Waals surface area contributed by atoms with Crippen molar-refractivity contribution in [2.45, 2.75) is 6.42 Å². The number of benzene rings is 2. The van der Waals surface area contributed by atoms with E-state index in [0.29, 0.717) is 10.6 Å². The van der Waals surface area contributed by atoms with Crippen molar-refractivity contribution in [2.24, 2.45) is 0 Å². The second kappa shape index (κ2) is 5.19. The first-order chi connectivity index (χ1) is 8.56. The van der Waals surface area contributed by atoms with E-state index in [1.54, 1.807) is 30.3 Å². The van der Waals surface area contributed by atoms with Crippen molar-refractivity contribution >= 4 is 17.6 Å². The molecule has 0 unspecified atom stereocenters. The maximum Gasteiger partial charge on any atom is 0.307 e. The highest BCUT2D eigenvalue weighted by atomic mass is 35.5. The van der Waals surface area contributed by atoms with Gasteiger partial charge in [0.05, 0.1) is 6.42 Å². The Balaban J connectivity index is 2.33. The summed E-state index contributed by atoms with van der Waals surface area (Å²) in [5, 5.41) is 9.11. The van der Waals surface area contributed by atoms with Crippen molar-refractivity contribution in [3.8, 4) is 11.1 Å². The van der Waals surface area contributed by atoms with Crippen LogP contribution in [0.4, 0.5) is 4.39 Å². The summed E-state index contributed by atoms with van der Waals surface area (Å²) in [6, 6.07) is 11.2. The standard InChI is InChI=1S/C14H10ClFO2/c15-13-7-10(1-2-11(13)8-14(17)18)9-3-5-12(16)6-4-9/h1-7H,8H2,(H,17,18). The molecular formula is C14H10ClFO2. The lowest BCUT2D eigenvalue weighted by molar-refractivity contribution is -0.136. The van der Waals surface area contributed by atoms with Crippen LogP contribution >= 0.6 is 11.6 Å². The Bertz CT molecular complexity index is 579. The van der Waals surface area contributed by atoms with Crippen LogP contribution in [0.3, 0.4) is 0 Å². The molecule has 0 aromatic heterocycles. The van der Waals surface area contributed by atoms with Crippen LogP contribution in [0.2, 0.25) is 5.02 Å². The lowest BCUT2D eigenvalue weighted by Crippen LogP contribution is -2.00. The summed E-state index contributed by atoms with van der Waals surface area (Å²) >= 11 is 6.02. The number of halogens is 2. The van der Waals surface area contributed by atoms with Crippen LogP contribution in [0.15, 0.2) is 42.5 Å². The molecule has 2 aromatic carbocycles. The Morgan fingerprint density at radius 2 is 1.72 bits per heavy atom. The van der Waals surface area contributed by atoms with Crippen LogP contribution in [-0.4, -0.2) is 11.1 Å². The van der Waals surface area contributed by atoms with E-state index in [1.165, 1.54) is 12.1 Å². The Hall–Kier alpha value is -1.87. The van der Waals surface area contributed by atoms with Crippen LogP contribution in [-0.2, 0) is 11.2 Å². The Morgan fingerprint density at radius 3 is 2.28 bits per heavy atom. The van der Waals surface area contributed by atoms with E-state index < -0.39 is 5.97 Å². The van der Waals surface area contributed by atoms with Crippen molar-refractivity contribution in [1.82, 2.24) is 0 Å². The largest absolute Gasteiger partial charge is 0.481 e. The minimum atomic E-state index is -0.925. The van der Waals surface area contributed by atoms with Crippen LogP contribution in [0.25, 0.3) is 11.1 Å². The number of carbonyl (C=O) groups is 1. The molecule has 0 saturated carbocycles. The van der Waals surface area contributed by atoms with Crippen molar-refractivity contribution in [3.05, 3.63) is 58.9 Å². The smallest absolute Gasteiger partial charge is 0.307 e. The molecule has 0 bridgehead atoms. The van der Waals surface area contributed by atoms with Gasteiger partial charge in [-0.3, -0.25) is 4.79 Å². The van der Waals surface area contributed by atoms with Gasteiger partial charge < -0.3 is 5.11 Å². The van der Waals surface area contributed by atoms with Crippen molar-refractivity contribution in [2.75, 3.05) is 0 Å². The molecule has 18 heavy (non-hydrogen) atoms. The molecule has 2 nitrogen and oxygen atoms in total. The van der Waals surface area contributed by atoms with Gasteiger partial charge in [0.15, 0.2) is 0 Å². The number of rotatable bonds is 3. The molecule has 0 atom stereocenters. The summed E-state index contributed by atoms with van der Waals surface area (Å²) in [4.78, 5) is 10.6. The van der Waals surface area contributed by atoms with E-state index in [4.69, 9.17) is 16.7 Å². The second-order valence-corrected chi connectivity index (χ2v) is 4.29. The molecule has 0 heterocycles. The number of hydrogen-bond donors (Lipinski definition) is 1. The highest BCUT2D eigenvalue weighted by Gasteiger charge is 2.07. The molecule has 0 radical (unpaired) electrons. The lowest BCUT2D eigenvalue weighted by Gasteiger charge is -2.06. The monoisotopic (exact) mass is 264 g/mol. The molecule has 1 N–H and O–H groups in total. The molecule has 2 rings (SSSR count). The topological polar surface area (TPSA) is 37.3 Å². The number of hydrogen-bond acceptors (Lipinski definition) is 1. The molecule has 0 fully saturated rings. The van der Waals surface area contributed by atoms with E-state index in [1.807, 2.05) is 0 Å². The molecule has 0 aliphatic carbocycles. The fourth-order valence-electron chi connectivity index (χ4n) is 1.68. The first-order valence-corrected chi connectivity index (χ1v) is 5.70. The fourth-order valence-corrected chi connectivity index (χ4v) is 1.92. The SMILES string of the molecule is O=C(O)Cc1ccc(-c2ccc(F)cc2)cc1Cl. The van der Waals surface area contributed by atoms with Crippen molar-refractivity contribution < 1.29 is 14.3 Å². The maximum atomic E-state index is 12.8. The fraction of sp³-hybridized carbons (Fsp3) is 0.0714. The van der Waals surface area contributed by atoms with Gasteiger partial charge in [0, 0.05) is 5.02 Å². The zero-order valence-electron chi connectivity index (χ0n) is 9.36. The molecule has 0 amide bonds. The third-order valence-electron chi connectivity index (χ3n) is 2.57. The van der Waals surface area contributed by atoms with Gasteiger partial charge in [-0.1, -0.05) is 35.9 Å². The first-order valence-electron chi connectivity index (χ1n) is 5.32. The summed E-state index contributed by atoms with van der Waals surface area (Å²) in [7, 11) is 0. The van der Waals surface area contributed by atoms with Gasteiger partial charge >= 0.3 is 5.97 Å². The first kappa shape index (κ1) is 12.6. The summed E-state index contributed by atoms with van der Waals surface area (Å²) in [5.41, 5.74) is 2.23. The molecule has 4 heteroatoms. The molecule has 0 saturated heterocycles. The van der Waals surface area contributed by atoms with E-state index in [2.05, 4.69) is 0 Å². The van der Waals surface area contributed by atoms with Gasteiger partial charge in [-0.25, -0.2) is 4.39 Å². The highest BCUT2D eigenvalue weighted by molar-refractivity contribution is 6.31. The van der Waals surface area contributed by atoms with Crippen LogP contribution in [0.5, 0.6) is 0 Å². The minimum Gasteiger partial charge on any atom is -0.481 e. The predicted molar refractivity (Wildman–Crippen MR) is 68.2 cm³/mol. The molecular weight excluding hydrogens is 255 g/mol. The van der Waals surface area contributed by atoms with E-state index in [0.717, 1.165) is 11.1 Å². The van der Waals surface area contributed by atoms with Gasteiger partial charge in [-0.15, -0.1) is 0 Å². The third-order valence-corrected chi connectivity index (χ3v) is 2.92. The third kappa shape index (κ3) is 2.87. The van der Waals surface area contributed by atoms with E-state index >= 15 is 0 Å². The average Bonchev–Trinajstić information content (AvgIpc) is 2.32. The van der Waals surface area contributed by atoms with Crippen LogP contribution < -0.4 is 0 Å². The van der Waals surface area contributed by atoms with Gasteiger partial charge in [0.2, 0.25) is 0 Å². The quantitative estimate of drug-likeness (QED) is 0.916. The molecule has 2 aromatic rings. The number of carboxylic acid groups (broad SMARTS) is 1. The Morgan fingerprint density at radius 1 is 1.11 bits per heavy atom. The molecule has 0 spiro atoms. The van der Waals surface area contributed by atoms with Crippen LogP contribution in [0, 0.1) is 5.82 Å². The number of aliphatic carboxylic acids is 1. The van der Waals surface area contributed by atoms with E-state index in [9.17, 15) is 9.18 Å². The van der Waals surface area contributed by atoms with Gasteiger partial charge in [-0.2, -0.15) is 0 Å². The Kier molecular flexibility index (Phi) is 3.63. The highest BCUT2D eigenvalue weighted by Crippen LogP contribution is 2.26. The lowest BCUT2D eigenvalue weighted by atomic mass is 10.0. The average molecular weight is 265 g/mol. The minimum absolute atomic E-state index is 0.109. The van der Waals surface area contributed by atoms with Gasteiger partial charge in [-0.05, 0) is 34.9 Å². The normalized spacial score (nSPS) is 10.3. The van der Waals surface area contributed by atoms with Crippen LogP contribution in [0.1, 0.15) is 5.56 Å². The van der Waals surface area contributed by atoms with Crippen molar-refractivity contribution in [3.63, 3.8) is 0 Å². The zero-order chi connectivity index (χ0) is 13.1. The summed E-state index contributed by atoms with van der Waals surface area (Å²) in [5.74, 6) is -1.22. The Labute approximate surface area is 109 Å². The predicted octanol–water partition coefficient (Wildman–Crippen LogP) is 3.77. The summed E-state index contributed by atoms with van der Waals surface area (Å²) in [6.07, 6.45) is -0.109. The van der Waals surface area contributed by atoms with E-state index in [-0.39, 0.29) is 12.2 Å².